The topological polar surface area (TPSA) is 116 Å². The molecule has 0 fully saturated rings. The number of halogens is 1. The zero-order chi connectivity index (χ0) is 18.0. The highest BCUT2D eigenvalue weighted by Gasteiger charge is 2.20. The van der Waals surface area contributed by atoms with Crippen molar-refractivity contribution in [1.82, 2.24) is 19.7 Å². The molecule has 0 amide bonds. The quantitative estimate of drug-likeness (QED) is 0.417. The molecular formula is C16H14ClN5O3. The van der Waals surface area contributed by atoms with Gasteiger partial charge in [0.15, 0.2) is 11.5 Å². The van der Waals surface area contributed by atoms with Crippen LogP contribution in [0.2, 0.25) is 5.02 Å². The second kappa shape index (κ2) is 6.78. The Balaban J connectivity index is 2.16. The lowest BCUT2D eigenvalue weighted by molar-refractivity contribution is -0.136. The molecular weight excluding hydrogens is 346 g/mol. The summed E-state index contributed by atoms with van der Waals surface area (Å²) in [7, 11) is 0. The van der Waals surface area contributed by atoms with Crippen LogP contribution in [0.25, 0.3) is 22.3 Å². The summed E-state index contributed by atoms with van der Waals surface area (Å²) in [4.78, 5) is 20.3. The molecule has 128 valence electrons. The third-order valence-corrected chi connectivity index (χ3v) is 3.65. The average molecular weight is 360 g/mol. The van der Waals surface area contributed by atoms with Gasteiger partial charge in [0.1, 0.15) is 11.4 Å². The molecule has 2 aromatic heterocycles. The smallest absolute Gasteiger partial charge is 0.345 e. The summed E-state index contributed by atoms with van der Waals surface area (Å²) in [6, 6.07) is 6.96. The number of nitrogens with two attached hydrogens (primary N) is 1. The molecule has 0 radical (unpaired) electrons. The average Bonchev–Trinajstić information content (AvgIpc) is 3.01. The van der Waals surface area contributed by atoms with Crippen molar-refractivity contribution in [1.29, 1.82) is 0 Å². The third-order valence-electron chi connectivity index (χ3n) is 3.39. The Morgan fingerprint density at radius 2 is 2.08 bits per heavy atom. The number of ether oxygens (including phenoxy) is 1. The first-order valence-electron chi connectivity index (χ1n) is 7.34. The van der Waals surface area contributed by atoms with Crippen molar-refractivity contribution < 1.29 is 14.6 Å². The molecule has 0 saturated heterocycles. The van der Waals surface area contributed by atoms with Gasteiger partial charge in [-0.15, -0.1) is 0 Å². The highest BCUT2D eigenvalue weighted by molar-refractivity contribution is 6.30. The first-order chi connectivity index (χ1) is 12.0. The lowest BCUT2D eigenvalue weighted by Gasteiger charge is -2.07. The van der Waals surface area contributed by atoms with E-state index >= 15 is 0 Å². The van der Waals surface area contributed by atoms with E-state index in [1.807, 2.05) is 0 Å². The summed E-state index contributed by atoms with van der Waals surface area (Å²) < 4.78 is 6.42. The van der Waals surface area contributed by atoms with Crippen molar-refractivity contribution in [2.45, 2.75) is 6.92 Å². The molecule has 0 atom stereocenters. The summed E-state index contributed by atoms with van der Waals surface area (Å²) in [5.41, 5.74) is 6.84. The van der Waals surface area contributed by atoms with E-state index in [1.165, 1.54) is 10.9 Å². The minimum atomic E-state index is -0.749. The summed E-state index contributed by atoms with van der Waals surface area (Å²) in [5, 5.41) is 14.7. The summed E-state index contributed by atoms with van der Waals surface area (Å²) >= 11 is 5.90. The number of fused-ring (bicyclic) bond motifs is 1. The molecule has 3 N–H and O–H groups in total. The van der Waals surface area contributed by atoms with Gasteiger partial charge in [0, 0.05) is 5.02 Å². The number of nitrogen functional groups attached to an aromatic ring is 1. The van der Waals surface area contributed by atoms with Gasteiger partial charge in [-0.25, -0.2) is 19.4 Å². The summed E-state index contributed by atoms with van der Waals surface area (Å²) in [6.07, 6.45) is 2.12. The van der Waals surface area contributed by atoms with E-state index in [1.54, 1.807) is 31.2 Å². The number of rotatable bonds is 4. The van der Waals surface area contributed by atoms with Crippen LogP contribution in [0.3, 0.4) is 0 Å². The number of aliphatic hydroxyl groups excluding tert-OH is 1. The highest BCUT2D eigenvalue weighted by Crippen LogP contribution is 2.24. The maximum atomic E-state index is 11.9. The number of anilines is 1. The second-order valence-corrected chi connectivity index (χ2v) is 5.40. The molecule has 0 aliphatic rings. The Kier molecular flexibility index (Phi) is 4.53. The Morgan fingerprint density at radius 3 is 2.72 bits per heavy atom. The standard InChI is InChI=1S/C16H14ClN5O3/c1-2-25-16(24)12(8-23)14-20-13(18)11-7-19-22(15(11)21-14)10-5-3-9(17)4-6-10/h3-8,23H,2H2,1H3,(H2,18,20,21)/b12-8-. The van der Waals surface area contributed by atoms with E-state index in [-0.39, 0.29) is 23.8 Å². The van der Waals surface area contributed by atoms with E-state index in [0.717, 1.165) is 0 Å². The largest absolute Gasteiger partial charge is 0.515 e. The molecule has 1 aromatic carbocycles. The van der Waals surface area contributed by atoms with E-state index in [4.69, 9.17) is 22.1 Å². The summed E-state index contributed by atoms with van der Waals surface area (Å²) in [5.74, 6) is -0.674. The van der Waals surface area contributed by atoms with Crippen molar-refractivity contribution in [3.05, 3.63) is 47.6 Å². The lowest BCUT2D eigenvalue weighted by Crippen LogP contribution is -2.11. The number of aliphatic hydroxyl groups is 1. The monoisotopic (exact) mass is 359 g/mol. The van der Waals surface area contributed by atoms with E-state index in [9.17, 15) is 9.90 Å². The maximum Gasteiger partial charge on any atom is 0.345 e. The number of carbonyl (C=O) groups is 1. The molecule has 0 unspecified atom stereocenters. The first-order valence-corrected chi connectivity index (χ1v) is 7.72. The van der Waals surface area contributed by atoms with Crippen LogP contribution in [0.1, 0.15) is 12.7 Å². The van der Waals surface area contributed by atoms with Gasteiger partial charge in [-0.2, -0.15) is 5.10 Å². The van der Waals surface area contributed by atoms with Crippen molar-refractivity contribution in [3.8, 4) is 5.69 Å². The zero-order valence-corrected chi connectivity index (χ0v) is 13.9. The minimum absolute atomic E-state index is 0.0540. The van der Waals surface area contributed by atoms with Gasteiger partial charge >= 0.3 is 5.97 Å². The van der Waals surface area contributed by atoms with Gasteiger partial charge < -0.3 is 15.6 Å². The number of esters is 1. The van der Waals surface area contributed by atoms with Crippen LogP contribution in [0.5, 0.6) is 0 Å². The highest BCUT2D eigenvalue weighted by atomic mass is 35.5. The zero-order valence-electron chi connectivity index (χ0n) is 13.2. The molecule has 8 nitrogen and oxygen atoms in total. The van der Waals surface area contributed by atoms with Crippen molar-refractivity contribution >= 4 is 40.0 Å². The molecule has 25 heavy (non-hydrogen) atoms. The normalized spacial score (nSPS) is 11.7. The van der Waals surface area contributed by atoms with Crippen LogP contribution in [0.15, 0.2) is 36.7 Å². The van der Waals surface area contributed by atoms with Crippen molar-refractivity contribution in [2.24, 2.45) is 0 Å². The number of aromatic nitrogens is 4. The van der Waals surface area contributed by atoms with E-state index in [0.29, 0.717) is 28.0 Å². The summed E-state index contributed by atoms with van der Waals surface area (Å²) in [6.45, 7) is 1.80. The van der Waals surface area contributed by atoms with Gasteiger partial charge in [0.05, 0.1) is 30.1 Å². The molecule has 0 saturated carbocycles. The number of nitrogens with zero attached hydrogens (tertiary/aromatic N) is 4. The SMILES string of the molecule is CCOC(=O)/C(=C\O)c1nc(N)c2cnn(-c3ccc(Cl)cc3)c2n1. The van der Waals surface area contributed by atoms with Crippen LogP contribution in [-0.2, 0) is 9.53 Å². The van der Waals surface area contributed by atoms with Gasteiger partial charge in [0.2, 0.25) is 0 Å². The second-order valence-electron chi connectivity index (χ2n) is 4.97. The minimum Gasteiger partial charge on any atom is -0.515 e. The number of hydrogen-bond donors (Lipinski definition) is 2. The predicted molar refractivity (Wildman–Crippen MR) is 93.3 cm³/mol. The Hall–Kier alpha value is -3.13. The van der Waals surface area contributed by atoms with Crippen LogP contribution in [0, 0.1) is 0 Å². The Morgan fingerprint density at radius 1 is 1.36 bits per heavy atom. The maximum absolute atomic E-state index is 11.9. The van der Waals surface area contributed by atoms with Gasteiger partial charge in [-0.1, -0.05) is 11.6 Å². The molecule has 3 rings (SSSR count). The predicted octanol–water partition coefficient (Wildman–Crippen LogP) is 2.51. The van der Waals surface area contributed by atoms with E-state index in [2.05, 4.69) is 15.1 Å². The molecule has 2 heterocycles. The van der Waals surface area contributed by atoms with Crippen molar-refractivity contribution in [3.63, 3.8) is 0 Å². The van der Waals surface area contributed by atoms with E-state index < -0.39 is 5.97 Å². The molecule has 9 heteroatoms. The molecule has 0 aliphatic heterocycles. The molecule has 3 aromatic rings. The van der Waals surface area contributed by atoms with Crippen LogP contribution in [0.4, 0.5) is 5.82 Å². The van der Waals surface area contributed by atoms with Crippen LogP contribution >= 0.6 is 11.6 Å². The number of hydrogen-bond acceptors (Lipinski definition) is 7. The molecule has 0 bridgehead atoms. The number of benzene rings is 1. The Labute approximate surface area is 147 Å². The number of carbonyl (C=O) groups excluding carboxylic acids is 1. The fraction of sp³-hybridized carbons (Fsp3) is 0.125. The van der Waals surface area contributed by atoms with Gasteiger partial charge in [-0.3, -0.25) is 0 Å². The molecule has 0 aliphatic carbocycles. The fourth-order valence-corrected chi connectivity index (χ4v) is 2.36. The van der Waals surface area contributed by atoms with Gasteiger partial charge in [0.25, 0.3) is 0 Å². The van der Waals surface area contributed by atoms with Crippen LogP contribution in [-0.4, -0.2) is 37.4 Å². The Bertz CT molecular complexity index is 966. The third kappa shape index (κ3) is 3.11. The van der Waals surface area contributed by atoms with Crippen LogP contribution < -0.4 is 5.73 Å². The van der Waals surface area contributed by atoms with Crippen molar-refractivity contribution in [2.75, 3.05) is 12.3 Å². The molecule has 0 spiro atoms. The lowest BCUT2D eigenvalue weighted by atomic mass is 10.2. The first kappa shape index (κ1) is 16.7. The fourth-order valence-electron chi connectivity index (χ4n) is 2.23. The van der Waals surface area contributed by atoms with Gasteiger partial charge in [-0.05, 0) is 31.2 Å².